The van der Waals surface area contributed by atoms with Crippen LogP contribution >= 0.6 is 0 Å². The summed E-state index contributed by atoms with van der Waals surface area (Å²) < 4.78 is 5.47. The topological polar surface area (TPSA) is 101 Å². The fraction of sp³-hybridized carbons (Fsp3) is 0.773. The summed E-state index contributed by atoms with van der Waals surface area (Å²) in [4.78, 5) is 38.8. The van der Waals surface area contributed by atoms with Crippen LogP contribution in [0.4, 0.5) is 0 Å². The van der Waals surface area contributed by atoms with E-state index >= 15 is 0 Å². The van der Waals surface area contributed by atoms with Gasteiger partial charge in [0.15, 0.2) is 17.7 Å². The van der Waals surface area contributed by atoms with Gasteiger partial charge in [-0.1, -0.05) is 34.1 Å². The van der Waals surface area contributed by atoms with Crippen molar-refractivity contribution in [1.29, 1.82) is 0 Å². The molecule has 4 rings (SSSR count). The summed E-state index contributed by atoms with van der Waals surface area (Å²) in [5.41, 5.74) is -1.73. The Morgan fingerprint density at radius 1 is 1.14 bits per heavy atom. The van der Waals surface area contributed by atoms with Gasteiger partial charge in [0.05, 0.1) is 11.5 Å². The van der Waals surface area contributed by atoms with Gasteiger partial charge >= 0.3 is 5.97 Å². The zero-order chi connectivity index (χ0) is 20.8. The van der Waals surface area contributed by atoms with Crippen LogP contribution in [0.1, 0.15) is 60.3 Å². The van der Waals surface area contributed by atoms with E-state index in [9.17, 15) is 24.6 Å². The van der Waals surface area contributed by atoms with Gasteiger partial charge < -0.3 is 14.9 Å². The number of rotatable bonds is 1. The molecule has 0 bridgehead atoms. The van der Waals surface area contributed by atoms with Crippen molar-refractivity contribution >= 4 is 17.5 Å². The zero-order valence-corrected chi connectivity index (χ0v) is 17.2. The summed E-state index contributed by atoms with van der Waals surface area (Å²) in [6, 6.07) is 0. The lowest BCUT2D eigenvalue weighted by atomic mass is 9.46. The predicted octanol–water partition coefficient (Wildman–Crippen LogP) is 1.96. The Balaban J connectivity index is 1.98. The van der Waals surface area contributed by atoms with Crippen molar-refractivity contribution in [1.82, 2.24) is 0 Å². The van der Waals surface area contributed by atoms with Crippen molar-refractivity contribution in [2.75, 3.05) is 0 Å². The number of carbonyl (C=O) groups is 3. The van der Waals surface area contributed by atoms with Gasteiger partial charge in [-0.3, -0.25) is 14.4 Å². The Kier molecular flexibility index (Phi) is 4.07. The highest BCUT2D eigenvalue weighted by molar-refractivity contribution is 6.19. The van der Waals surface area contributed by atoms with Gasteiger partial charge in [0.2, 0.25) is 0 Å². The van der Waals surface area contributed by atoms with Gasteiger partial charge in [0.25, 0.3) is 0 Å². The van der Waals surface area contributed by atoms with Gasteiger partial charge in [-0.15, -0.1) is 0 Å². The Morgan fingerprint density at radius 3 is 2.29 bits per heavy atom. The molecule has 0 radical (unpaired) electrons. The minimum Gasteiger partial charge on any atom is -0.455 e. The van der Waals surface area contributed by atoms with Gasteiger partial charge in [-0.25, -0.2) is 0 Å². The maximum atomic E-state index is 13.6. The highest BCUT2D eigenvalue weighted by Gasteiger charge is 2.72. The van der Waals surface area contributed by atoms with E-state index in [0.29, 0.717) is 18.4 Å². The molecule has 0 amide bonds. The molecule has 7 atom stereocenters. The van der Waals surface area contributed by atoms with E-state index in [2.05, 4.69) is 0 Å². The number of carbonyl (C=O) groups excluding carboxylic acids is 3. The largest absolute Gasteiger partial charge is 0.455 e. The summed E-state index contributed by atoms with van der Waals surface area (Å²) in [5, 5.41) is 22.2. The molecule has 0 heterocycles. The van der Waals surface area contributed by atoms with E-state index in [-0.39, 0.29) is 28.6 Å². The molecule has 4 aliphatic carbocycles. The molecule has 4 aliphatic rings. The molecule has 28 heavy (non-hydrogen) atoms. The van der Waals surface area contributed by atoms with Gasteiger partial charge in [0, 0.05) is 29.4 Å². The second kappa shape index (κ2) is 5.76. The molecule has 6 heteroatoms. The van der Waals surface area contributed by atoms with Crippen molar-refractivity contribution < 1.29 is 29.3 Å². The number of ether oxygens (including phenoxy) is 1. The molecule has 154 valence electrons. The van der Waals surface area contributed by atoms with Gasteiger partial charge in [-0.05, 0) is 30.6 Å². The van der Waals surface area contributed by atoms with Crippen molar-refractivity contribution in [3.8, 4) is 0 Å². The lowest BCUT2D eigenvalue weighted by Gasteiger charge is -2.58. The van der Waals surface area contributed by atoms with Gasteiger partial charge in [-0.2, -0.15) is 0 Å². The summed E-state index contributed by atoms with van der Waals surface area (Å²) in [6.45, 7) is 9.10. The summed E-state index contributed by atoms with van der Waals surface area (Å²) in [5.74, 6) is -1.82. The molecule has 1 spiro atoms. The first-order chi connectivity index (χ1) is 12.9. The molecule has 0 aromatic rings. The molecule has 0 aromatic carbocycles. The highest BCUT2D eigenvalue weighted by Crippen LogP contribution is 2.66. The first-order valence-electron chi connectivity index (χ1n) is 10.3. The number of fused-ring (bicyclic) bond motifs is 2. The van der Waals surface area contributed by atoms with Crippen LogP contribution in [-0.2, 0) is 19.1 Å². The maximum absolute atomic E-state index is 13.6. The fourth-order valence-corrected chi connectivity index (χ4v) is 6.85. The number of esters is 1. The maximum Gasteiger partial charge on any atom is 0.303 e. The second-order valence-corrected chi connectivity index (χ2v) is 10.3. The first-order valence-corrected chi connectivity index (χ1v) is 10.3. The number of aliphatic hydroxyl groups is 2. The summed E-state index contributed by atoms with van der Waals surface area (Å²) >= 11 is 0. The average Bonchev–Trinajstić information content (AvgIpc) is 3.24. The van der Waals surface area contributed by atoms with Crippen LogP contribution in [0.3, 0.4) is 0 Å². The van der Waals surface area contributed by atoms with Gasteiger partial charge in [0.1, 0.15) is 6.10 Å². The molecule has 2 fully saturated rings. The third-order valence-electron chi connectivity index (χ3n) is 8.13. The molecule has 0 aromatic heterocycles. The smallest absolute Gasteiger partial charge is 0.303 e. The highest BCUT2D eigenvalue weighted by atomic mass is 16.6. The van der Waals surface area contributed by atoms with Crippen LogP contribution in [0.5, 0.6) is 0 Å². The van der Waals surface area contributed by atoms with Crippen LogP contribution in [-0.4, -0.2) is 46.1 Å². The van der Waals surface area contributed by atoms with Crippen LogP contribution in [0.2, 0.25) is 0 Å². The zero-order valence-electron chi connectivity index (χ0n) is 17.2. The number of Topliss-reactive ketones (excluding diaryl/α,β-unsaturated/α-hetero) is 2. The van der Waals surface area contributed by atoms with Crippen LogP contribution < -0.4 is 0 Å². The number of ketones is 2. The second-order valence-electron chi connectivity index (χ2n) is 10.3. The number of hydrogen-bond acceptors (Lipinski definition) is 6. The Labute approximate surface area is 165 Å². The fourth-order valence-electron chi connectivity index (χ4n) is 6.85. The van der Waals surface area contributed by atoms with Crippen molar-refractivity contribution in [2.24, 2.45) is 28.1 Å². The minimum absolute atomic E-state index is 0.114. The van der Waals surface area contributed by atoms with Crippen molar-refractivity contribution in [3.63, 3.8) is 0 Å². The molecule has 6 nitrogen and oxygen atoms in total. The van der Waals surface area contributed by atoms with E-state index < -0.39 is 40.9 Å². The quantitative estimate of drug-likeness (QED) is 0.664. The molecular weight excluding hydrogens is 360 g/mol. The molecule has 0 saturated heterocycles. The normalized spacial score (nSPS) is 46.9. The van der Waals surface area contributed by atoms with E-state index in [1.54, 1.807) is 0 Å². The minimum atomic E-state index is -1.36. The monoisotopic (exact) mass is 390 g/mol. The lowest BCUT2D eigenvalue weighted by molar-refractivity contribution is -0.170. The van der Waals surface area contributed by atoms with E-state index in [1.165, 1.54) is 6.92 Å². The molecule has 2 saturated carbocycles. The summed E-state index contributed by atoms with van der Waals surface area (Å²) in [6.07, 6.45) is -0.768. The van der Waals surface area contributed by atoms with Crippen molar-refractivity contribution in [3.05, 3.63) is 11.1 Å². The molecule has 0 unspecified atom stereocenters. The standard InChI is InChI=1S/C22H30O6/c1-10-9-22(10)18(26)12-13(14(24)19(22)27)21(5)8-6-7-20(3,4)17(21)15(25)16(12)28-11(2)23/h10,15-17,19,25,27H,6-9H2,1-5H3/t10-,15-,16-,17-,19-,21-,22-/m1/s1. The summed E-state index contributed by atoms with van der Waals surface area (Å²) in [7, 11) is 0. The first kappa shape index (κ1) is 19.8. The lowest BCUT2D eigenvalue weighted by Crippen LogP contribution is -2.63. The SMILES string of the molecule is CC(=O)O[C@@H]1C2=C(C(=O)[C@@H](O)[C@@]3(C[C@H]3C)C2=O)[C@@]2(C)CCCC(C)(C)[C@H]2[C@@H]1O. The van der Waals surface area contributed by atoms with Crippen LogP contribution in [0, 0.1) is 28.1 Å². The van der Waals surface area contributed by atoms with E-state index in [0.717, 1.165) is 12.8 Å². The van der Waals surface area contributed by atoms with Crippen LogP contribution in [0.15, 0.2) is 11.1 Å². The Morgan fingerprint density at radius 2 is 1.75 bits per heavy atom. The van der Waals surface area contributed by atoms with E-state index in [4.69, 9.17) is 4.74 Å². The third kappa shape index (κ3) is 2.25. The van der Waals surface area contributed by atoms with E-state index in [1.807, 2.05) is 27.7 Å². The molecule has 2 N–H and O–H groups in total. The third-order valence-corrected chi connectivity index (χ3v) is 8.13. The Bertz CT molecular complexity index is 810. The van der Waals surface area contributed by atoms with Crippen LogP contribution in [0.25, 0.3) is 0 Å². The molecular formula is C22H30O6. The van der Waals surface area contributed by atoms with Crippen molar-refractivity contribution in [2.45, 2.75) is 78.6 Å². The number of hydrogen-bond donors (Lipinski definition) is 2. The predicted molar refractivity (Wildman–Crippen MR) is 100 cm³/mol. The average molecular weight is 390 g/mol. The Hall–Kier alpha value is -1.53. The molecule has 0 aliphatic heterocycles. The number of aliphatic hydroxyl groups excluding tert-OH is 2.